The van der Waals surface area contributed by atoms with Crippen LogP contribution in [0, 0.1) is 10.1 Å². The van der Waals surface area contributed by atoms with Crippen LogP contribution in [0.2, 0.25) is 0 Å². The Morgan fingerprint density at radius 2 is 1.61 bits per heavy atom. The van der Waals surface area contributed by atoms with Crippen molar-refractivity contribution < 1.29 is 9.66 Å². The molecule has 0 saturated carbocycles. The summed E-state index contributed by atoms with van der Waals surface area (Å²) >= 11 is 0. The third-order valence-corrected chi connectivity index (χ3v) is 3.03. The molecule has 0 aromatic heterocycles. The summed E-state index contributed by atoms with van der Waals surface area (Å²) in [7, 11) is 0. The van der Waals surface area contributed by atoms with Crippen LogP contribution in [0.3, 0.4) is 0 Å². The van der Waals surface area contributed by atoms with Crippen molar-refractivity contribution in [3.63, 3.8) is 0 Å². The summed E-state index contributed by atoms with van der Waals surface area (Å²) in [5.74, 6) is 0. The fourth-order valence-electron chi connectivity index (χ4n) is 2.08. The molecule has 1 aliphatic rings. The van der Waals surface area contributed by atoms with E-state index in [0.717, 1.165) is 11.1 Å². The van der Waals surface area contributed by atoms with Crippen molar-refractivity contribution in [2.75, 3.05) is 0 Å². The lowest BCUT2D eigenvalue weighted by molar-refractivity contribution is -0.384. The van der Waals surface area contributed by atoms with Crippen molar-refractivity contribution in [2.24, 2.45) is 0 Å². The second-order valence-electron chi connectivity index (χ2n) is 4.24. The predicted octanol–water partition coefficient (Wildman–Crippen LogP) is 3.41. The number of non-ortho nitro benzene ring substituents is 1. The van der Waals surface area contributed by atoms with E-state index in [1.807, 2.05) is 36.4 Å². The highest BCUT2D eigenvalue weighted by molar-refractivity contribution is 5.38. The molecule has 1 aliphatic heterocycles. The molecule has 0 N–H and O–H groups in total. The van der Waals surface area contributed by atoms with E-state index in [-0.39, 0.29) is 22.8 Å². The summed E-state index contributed by atoms with van der Waals surface area (Å²) in [5, 5.41) is 10.7. The topological polar surface area (TPSA) is 55.7 Å². The number of nitro groups is 1. The van der Waals surface area contributed by atoms with Gasteiger partial charge in [-0.25, -0.2) is 0 Å². The van der Waals surface area contributed by atoms with E-state index in [1.54, 1.807) is 12.1 Å². The zero-order chi connectivity index (χ0) is 12.5. The summed E-state index contributed by atoms with van der Waals surface area (Å²) in [6.45, 7) is 0. The zero-order valence-corrected chi connectivity index (χ0v) is 9.52. The van der Waals surface area contributed by atoms with Crippen LogP contribution in [0.1, 0.15) is 23.3 Å². The van der Waals surface area contributed by atoms with Gasteiger partial charge in [0.05, 0.1) is 4.92 Å². The number of hydrogen-bond acceptors (Lipinski definition) is 3. The SMILES string of the molecule is O=[N+]([O-])c1cccc([C@H]2O[C@@H]2c2ccccc2)c1. The van der Waals surface area contributed by atoms with Crippen LogP contribution in [0.5, 0.6) is 0 Å². The summed E-state index contributed by atoms with van der Waals surface area (Å²) in [5.41, 5.74) is 2.07. The largest absolute Gasteiger partial charge is 0.359 e. The monoisotopic (exact) mass is 241 g/mol. The van der Waals surface area contributed by atoms with Gasteiger partial charge in [0.25, 0.3) is 5.69 Å². The first-order valence-corrected chi connectivity index (χ1v) is 5.70. The lowest BCUT2D eigenvalue weighted by Gasteiger charge is -1.97. The third-order valence-electron chi connectivity index (χ3n) is 3.03. The Bertz CT molecular complexity index is 583. The van der Waals surface area contributed by atoms with Crippen LogP contribution in [-0.2, 0) is 4.74 Å². The zero-order valence-electron chi connectivity index (χ0n) is 9.52. The number of hydrogen-bond donors (Lipinski definition) is 0. The lowest BCUT2D eigenvalue weighted by atomic mass is 10.0. The highest BCUT2D eigenvalue weighted by atomic mass is 16.6. The first-order valence-electron chi connectivity index (χ1n) is 5.70. The molecule has 1 fully saturated rings. The molecule has 2 aromatic rings. The molecule has 90 valence electrons. The Kier molecular flexibility index (Phi) is 2.57. The Balaban J connectivity index is 1.82. The third kappa shape index (κ3) is 1.98. The number of epoxide rings is 1. The van der Waals surface area contributed by atoms with Gasteiger partial charge < -0.3 is 4.74 Å². The van der Waals surface area contributed by atoms with E-state index in [9.17, 15) is 10.1 Å². The Labute approximate surface area is 104 Å². The number of nitrogens with zero attached hydrogens (tertiary/aromatic N) is 1. The molecule has 4 heteroatoms. The molecule has 0 amide bonds. The van der Waals surface area contributed by atoms with Crippen LogP contribution < -0.4 is 0 Å². The van der Waals surface area contributed by atoms with Gasteiger partial charge in [0, 0.05) is 12.1 Å². The molecule has 0 radical (unpaired) electrons. The number of benzene rings is 2. The molecule has 2 aromatic carbocycles. The van der Waals surface area contributed by atoms with Crippen molar-refractivity contribution in [3.8, 4) is 0 Å². The molecule has 0 unspecified atom stereocenters. The second kappa shape index (κ2) is 4.23. The predicted molar refractivity (Wildman–Crippen MR) is 66.1 cm³/mol. The Morgan fingerprint density at radius 3 is 2.33 bits per heavy atom. The molecule has 0 spiro atoms. The van der Waals surface area contributed by atoms with Gasteiger partial charge in [0.2, 0.25) is 0 Å². The van der Waals surface area contributed by atoms with Gasteiger partial charge in [0.15, 0.2) is 0 Å². The molecule has 0 bridgehead atoms. The average molecular weight is 241 g/mol. The molecule has 0 aliphatic carbocycles. The number of rotatable bonds is 3. The van der Waals surface area contributed by atoms with Crippen molar-refractivity contribution in [1.29, 1.82) is 0 Å². The summed E-state index contributed by atoms with van der Waals surface area (Å²) in [4.78, 5) is 10.3. The lowest BCUT2D eigenvalue weighted by Crippen LogP contribution is -1.90. The van der Waals surface area contributed by atoms with Gasteiger partial charge in [-0.1, -0.05) is 42.5 Å². The Hall–Kier alpha value is -2.20. The van der Waals surface area contributed by atoms with Crippen LogP contribution in [0.15, 0.2) is 54.6 Å². The molecule has 2 atom stereocenters. The minimum Gasteiger partial charge on any atom is -0.359 e. The van der Waals surface area contributed by atoms with Crippen molar-refractivity contribution in [3.05, 3.63) is 75.8 Å². The average Bonchev–Trinajstić information content (AvgIpc) is 3.20. The molecule has 3 rings (SSSR count). The maximum absolute atomic E-state index is 10.7. The second-order valence-corrected chi connectivity index (χ2v) is 4.24. The van der Waals surface area contributed by atoms with Crippen LogP contribution in [0.25, 0.3) is 0 Å². The van der Waals surface area contributed by atoms with E-state index in [0.29, 0.717) is 0 Å². The molecule has 18 heavy (non-hydrogen) atoms. The maximum Gasteiger partial charge on any atom is 0.269 e. The van der Waals surface area contributed by atoms with Crippen LogP contribution in [0.4, 0.5) is 5.69 Å². The normalized spacial score (nSPS) is 21.6. The van der Waals surface area contributed by atoms with Gasteiger partial charge in [-0.05, 0) is 11.1 Å². The van der Waals surface area contributed by atoms with E-state index in [4.69, 9.17) is 4.74 Å². The summed E-state index contributed by atoms with van der Waals surface area (Å²) in [6.07, 6.45) is -0.0412. The van der Waals surface area contributed by atoms with Crippen LogP contribution in [-0.4, -0.2) is 4.92 Å². The highest BCUT2D eigenvalue weighted by Gasteiger charge is 2.41. The molecular weight excluding hydrogens is 230 g/mol. The molecule has 4 nitrogen and oxygen atoms in total. The molecular formula is C14H11NO3. The fraction of sp³-hybridized carbons (Fsp3) is 0.143. The quantitative estimate of drug-likeness (QED) is 0.470. The summed E-state index contributed by atoms with van der Waals surface area (Å²) < 4.78 is 5.60. The summed E-state index contributed by atoms with van der Waals surface area (Å²) in [6, 6.07) is 16.5. The van der Waals surface area contributed by atoms with Crippen LogP contribution >= 0.6 is 0 Å². The standard InChI is InChI=1S/C14H11NO3/c16-15(17)12-8-4-7-11(9-12)14-13(18-14)10-5-2-1-3-6-10/h1-9,13-14H/t13-,14-/m1/s1. The van der Waals surface area contributed by atoms with Gasteiger partial charge in [0.1, 0.15) is 12.2 Å². The minimum atomic E-state index is -0.386. The van der Waals surface area contributed by atoms with Crippen molar-refractivity contribution in [2.45, 2.75) is 12.2 Å². The first kappa shape index (κ1) is 10.9. The van der Waals surface area contributed by atoms with Gasteiger partial charge in [-0.15, -0.1) is 0 Å². The van der Waals surface area contributed by atoms with Crippen molar-refractivity contribution in [1.82, 2.24) is 0 Å². The van der Waals surface area contributed by atoms with E-state index in [1.165, 1.54) is 6.07 Å². The van der Waals surface area contributed by atoms with Gasteiger partial charge in [-0.2, -0.15) is 0 Å². The first-order chi connectivity index (χ1) is 8.75. The number of nitro benzene ring substituents is 1. The van der Waals surface area contributed by atoms with Gasteiger partial charge >= 0.3 is 0 Å². The minimum absolute atomic E-state index is 0.0215. The molecule has 1 saturated heterocycles. The Morgan fingerprint density at radius 1 is 0.944 bits per heavy atom. The maximum atomic E-state index is 10.7. The van der Waals surface area contributed by atoms with E-state index in [2.05, 4.69) is 0 Å². The van der Waals surface area contributed by atoms with E-state index >= 15 is 0 Å². The van der Waals surface area contributed by atoms with E-state index < -0.39 is 0 Å². The highest BCUT2D eigenvalue weighted by Crippen LogP contribution is 2.51. The van der Waals surface area contributed by atoms with Crippen molar-refractivity contribution >= 4 is 5.69 Å². The van der Waals surface area contributed by atoms with Gasteiger partial charge in [-0.3, -0.25) is 10.1 Å². The fourth-order valence-corrected chi connectivity index (χ4v) is 2.08. The molecule has 1 heterocycles. The smallest absolute Gasteiger partial charge is 0.269 e. The number of ether oxygens (including phenoxy) is 1.